The highest BCUT2D eigenvalue weighted by Crippen LogP contribution is 2.14. The van der Waals surface area contributed by atoms with Gasteiger partial charge < -0.3 is 20.5 Å². The number of nitrogens with one attached hydrogen (secondary N) is 1. The minimum Gasteiger partial charge on any atom is -0.381 e. The second kappa shape index (κ2) is 11.6. The molecule has 0 aromatic heterocycles. The number of hydrogen-bond acceptors (Lipinski definition) is 3. The van der Waals surface area contributed by atoms with Crippen molar-refractivity contribution in [2.45, 2.75) is 45.4 Å². The van der Waals surface area contributed by atoms with Crippen LogP contribution >= 0.6 is 24.0 Å². The first kappa shape index (κ1) is 20.2. The van der Waals surface area contributed by atoms with Crippen LogP contribution in [0, 0.1) is 0 Å². The van der Waals surface area contributed by atoms with E-state index in [9.17, 15) is 0 Å². The second-order valence-electron chi connectivity index (χ2n) is 5.57. The SMILES string of the molecule is CCCNC(N)=NCc1ccc(COC2CCOCC2)cc1.I. The van der Waals surface area contributed by atoms with Crippen LogP contribution < -0.4 is 11.1 Å². The first-order chi connectivity index (χ1) is 10.8. The molecule has 0 unspecified atom stereocenters. The van der Waals surface area contributed by atoms with Gasteiger partial charge in [-0.2, -0.15) is 0 Å². The van der Waals surface area contributed by atoms with E-state index in [-0.39, 0.29) is 24.0 Å². The minimum absolute atomic E-state index is 0. The number of aliphatic imine (C=N–C) groups is 1. The van der Waals surface area contributed by atoms with Crippen molar-refractivity contribution in [3.63, 3.8) is 0 Å². The van der Waals surface area contributed by atoms with Crippen LogP contribution in [0.15, 0.2) is 29.3 Å². The quantitative estimate of drug-likeness (QED) is 0.394. The predicted molar refractivity (Wildman–Crippen MR) is 104 cm³/mol. The van der Waals surface area contributed by atoms with Crippen molar-refractivity contribution in [1.82, 2.24) is 5.32 Å². The molecule has 130 valence electrons. The molecule has 3 N–H and O–H groups in total. The van der Waals surface area contributed by atoms with Crippen LogP contribution in [0.3, 0.4) is 0 Å². The Kier molecular flexibility index (Phi) is 10.2. The fourth-order valence-corrected chi connectivity index (χ4v) is 2.28. The van der Waals surface area contributed by atoms with Gasteiger partial charge in [0.1, 0.15) is 0 Å². The lowest BCUT2D eigenvalue weighted by molar-refractivity contribution is -0.0390. The summed E-state index contributed by atoms with van der Waals surface area (Å²) in [7, 11) is 0. The zero-order valence-corrected chi connectivity index (χ0v) is 16.1. The first-order valence-electron chi connectivity index (χ1n) is 8.09. The third kappa shape index (κ3) is 7.99. The number of nitrogens with two attached hydrogens (primary N) is 1. The van der Waals surface area contributed by atoms with Gasteiger partial charge in [0.05, 0.1) is 19.3 Å². The van der Waals surface area contributed by atoms with E-state index in [0.29, 0.717) is 25.2 Å². The Morgan fingerprint density at radius 1 is 1.26 bits per heavy atom. The largest absolute Gasteiger partial charge is 0.381 e. The number of guanidine groups is 1. The lowest BCUT2D eigenvalue weighted by Crippen LogP contribution is -2.32. The lowest BCUT2D eigenvalue weighted by Gasteiger charge is -2.22. The Hall–Kier alpha value is -0.860. The van der Waals surface area contributed by atoms with Crippen LogP contribution in [-0.4, -0.2) is 31.8 Å². The van der Waals surface area contributed by atoms with Gasteiger partial charge in [-0.05, 0) is 30.4 Å². The molecule has 1 fully saturated rings. The highest BCUT2D eigenvalue weighted by atomic mass is 127. The van der Waals surface area contributed by atoms with Gasteiger partial charge in [0, 0.05) is 19.8 Å². The van der Waals surface area contributed by atoms with Crippen molar-refractivity contribution in [2.75, 3.05) is 19.8 Å². The van der Waals surface area contributed by atoms with Gasteiger partial charge in [0.25, 0.3) is 0 Å². The maximum Gasteiger partial charge on any atom is 0.188 e. The Labute approximate surface area is 156 Å². The molecule has 6 heteroatoms. The number of nitrogens with zero attached hydrogens (tertiary/aromatic N) is 1. The molecular formula is C17H28IN3O2. The molecule has 1 aliphatic rings. The van der Waals surface area contributed by atoms with Gasteiger partial charge in [-0.1, -0.05) is 31.2 Å². The van der Waals surface area contributed by atoms with Crippen molar-refractivity contribution in [1.29, 1.82) is 0 Å². The minimum atomic E-state index is 0. The van der Waals surface area contributed by atoms with Gasteiger partial charge in [-0.25, -0.2) is 4.99 Å². The molecule has 2 rings (SSSR count). The Balaban J connectivity index is 0.00000264. The van der Waals surface area contributed by atoms with Crippen LogP contribution in [0.4, 0.5) is 0 Å². The van der Waals surface area contributed by atoms with Gasteiger partial charge >= 0.3 is 0 Å². The van der Waals surface area contributed by atoms with Crippen molar-refractivity contribution in [3.8, 4) is 0 Å². The maximum absolute atomic E-state index is 5.91. The molecule has 1 heterocycles. The van der Waals surface area contributed by atoms with E-state index in [2.05, 4.69) is 41.5 Å². The van der Waals surface area contributed by atoms with Crippen molar-refractivity contribution in [3.05, 3.63) is 35.4 Å². The first-order valence-corrected chi connectivity index (χ1v) is 8.09. The summed E-state index contributed by atoms with van der Waals surface area (Å²) in [6, 6.07) is 8.36. The van der Waals surface area contributed by atoms with Gasteiger partial charge in [0.15, 0.2) is 5.96 Å². The third-order valence-electron chi connectivity index (χ3n) is 3.67. The molecular weight excluding hydrogens is 405 g/mol. The summed E-state index contributed by atoms with van der Waals surface area (Å²) in [5, 5.41) is 3.07. The third-order valence-corrected chi connectivity index (χ3v) is 3.67. The molecule has 1 saturated heterocycles. The predicted octanol–water partition coefficient (Wildman–Crippen LogP) is 2.81. The van der Waals surface area contributed by atoms with E-state index in [0.717, 1.165) is 44.6 Å². The number of rotatable bonds is 7. The van der Waals surface area contributed by atoms with E-state index in [1.807, 2.05) is 0 Å². The van der Waals surface area contributed by atoms with E-state index in [4.69, 9.17) is 15.2 Å². The normalized spacial score (nSPS) is 16.0. The summed E-state index contributed by atoms with van der Waals surface area (Å²) in [5.41, 5.74) is 8.12. The molecule has 0 bridgehead atoms. The van der Waals surface area contributed by atoms with E-state index in [1.165, 1.54) is 5.56 Å². The molecule has 0 radical (unpaired) electrons. The summed E-state index contributed by atoms with van der Waals surface area (Å²) in [6.07, 6.45) is 3.37. The summed E-state index contributed by atoms with van der Waals surface area (Å²) in [4.78, 5) is 4.32. The van der Waals surface area contributed by atoms with Crippen LogP contribution in [-0.2, 0) is 22.6 Å². The molecule has 0 aliphatic carbocycles. The molecule has 0 atom stereocenters. The van der Waals surface area contributed by atoms with Crippen LogP contribution in [0.25, 0.3) is 0 Å². The van der Waals surface area contributed by atoms with Crippen LogP contribution in [0.2, 0.25) is 0 Å². The zero-order valence-electron chi connectivity index (χ0n) is 13.8. The topological polar surface area (TPSA) is 68.9 Å². The highest BCUT2D eigenvalue weighted by Gasteiger charge is 2.13. The van der Waals surface area contributed by atoms with E-state index in [1.54, 1.807) is 0 Å². The molecule has 0 saturated carbocycles. The second-order valence-corrected chi connectivity index (χ2v) is 5.57. The Morgan fingerprint density at radius 2 is 1.91 bits per heavy atom. The number of ether oxygens (including phenoxy) is 2. The summed E-state index contributed by atoms with van der Waals surface area (Å²) in [5.74, 6) is 0.508. The molecule has 1 aliphatic heterocycles. The van der Waals surface area contributed by atoms with Gasteiger partial charge in [0.2, 0.25) is 0 Å². The Bertz CT molecular complexity index is 459. The standard InChI is InChI=1S/C17H27N3O2.HI/c1-2-9-19-17(18)20-12-14-3-5-15(6-4-14)13-22-16-7-10-21-11-8-16;/h3-6,16H,2,7-13H2,1H3,(H3,18,19,20);1H. The molecule has 0 spiro atoms. The van der Waals surface area contributed by atoms with Gasteiger partial charge in [-0.15, -0.1) is 24.0 Å². The summed E-state index contributed by atoms with van der Waals surface area (Å²) >= 11 is 0. The summed E-state index contributed by atoms with van der Waals surface area (Å²) < 4.78 is 11.2. The molecule has 5 nitrogen and oxygen atoms in total. The average molecular weight is 433 g/mol. The molecule has 23 heavy (non-hydrogen) atoms. The van der Waals surface area contributed by atoms with Crippen LogP contribution in [0.1, 0.15) is 37.3 Å². The maximum atomic E-state index is 5.91. The fraction of sp³-hybridized carbons (Fsp3) is 0.588. The molecule has 1 aromatic rings. The average Bonchev–Trinajstić information content (AvgIpc) is 2.58. The zero-order chi connectivity index (χ0) is 15.6. The number of benzene rings is 1. The molecule has 0 amide bonds. The van der Waals surface area contributed by atoms with E-state index < -0.39 is 0 Å². The van der Waals surface area contributed by atoms with Crippen molar-refractivity contribution < 1.29 is 9.47 Å². The van der Waals surface area contributed by atoms with Crippen molar-refractivity contribution >= 4 is 29.9 Å². The smallest absolute Gasteiger partial charge is 0.188 e. The number of halogens is 1. The highest BCUT2D eigenvalue weighted by molar-refractivity contribution is 14.0. The van der Waals surface area contributed by atoms with Crippen molar-refractivity contribution in [2.24, 2.45) is 10.7 Å². The summed E-state index contributed by atoms with van der Waals surface area (Å²) in [6.45, 7) is 5.85. The monoisotopic (exact) mass is 433 g/mol. The van der Waals surface area contributed by atoms with Gasteiger partial charge in [-0.3, -0.25) is 0 Å². The van der Waals surface area contributed by atoms with E-state index >= 15 is 0 Å². The van der Waals surface area contributed by atoms with Crippen LogP contribution in [0.5, 0.6) is 0 Å². The number of hydrogen-bond donors (Lipinski definition) is 2. The Morgan fingerprint density at radius 3 is 2.57 bits per heavy atom. The lowest BCUT2D eigenvalue weighted by atomic mass is 10.1. The fourth-order valence-electron chi connectivity index (χ4n) is 2.28. The molecule has 1 aromatic carbocycles.